The summed E-state index contributed by atoms with van der Waals surface area (Å²) >= 11 is 5.53. The maximum atomic E-state index is 10.8. The van der Waals surface area contributed by atoms with Gasteiger partial charge in [-0.1, -0.05) is 17.2 Å². The molecule has 1 atom stereocenters. The first-order chi connectivity index (χ1) is 5.72. The summed E-state index contributed by atoms with van der Waals surface area (Å²) < 4.78 is 5.20. The van der Waals surface area contributed by atoms with Gasteiger partial charge in [0.25, 0.3) is 0 Å². The standard InChI is InChI=1S/C9H13ClO2/c1-8(5-10)4-9(6-11)2-3-12-7-9/h5-6H,2-4,7H2,1H3/b8-5+. The van der Waals surface area contributed by atoms with Gasteiger partial charge in [0.15, 0.2) is 0 Å². The van der Waals surface area contributed by atoms with Gasteiger partial charge in [0, 0.05) is 12.1 Å². The first-order valence-corrected chi connectivity index (χ1v) is 4.46. The number of carbonyl (C=O) groups is 1. The average molecular weight is 189 g/mol. The zero-order valence-corrected chi connectivity index (χ0v) is 7.93. The Labute approximate surface area is 77.5 Å². The maximum Gasteiger partial charge on any atom is 0.128 e. The lowest BCUT2D eigenvalue weighted by molar-refractivity contribution is -0.116. The van der Waals surface area contributed by atoms with E-state index < -0.39 is 0 Å². The summed E-state index contributed by atoms with van der Waals surface area (Å²) in [5.74, 6) is 0. The molecule has 12 heavy (non-hydrogen) atoms. The van der Waals surface area contributed by atoms with Crippen LogP contribution in [0.1, 0.15) is 19.8 Å². The van der Waals surface area contributed by atoms with E-state index >= 15 is 0 Å². The molecule has 1 fully saturated rings. The van der Waals surface area contributed by atoms with Crippen molar-refractivity contribution in [2.75, 3.05) is 13.2 Å². The highest BCUT2D eigenvalue weighted by molar-refractivity contribution is 6.25. The molecule has 0 aliphatic carbocycles. The van der Waals surface area contributed by atoms with Gasteiger partial charge in [-0.15, -0.1) is 0 Å². The fraction of sp³-hybridized carbons (Fsp3) is 0.667. The third-order valence-electron chi connectivity index (χ3n) is 2.20. The van der Waals surface area contributed by atoms with E-state index in [0.29, 0.717) is 13.2 Å². The third kappa shape index (κ3) is 2.08. The monoisotopic (exact) mass is 188 g/mol. The first-order valence-electron chi connectivity index (χ1n) is 4.02. The van der Waals surface area contributed by atoms with Crippen LogP contribution in [-0.4, -0.2) is 19.5 Å². The summed E-state index contributed by atoms with van der Waals surface area (Å²) in [5, 5.41) is 0. The molecule has 1 rings (SSSR count). The van der Waals surface area contributed by atoms with Gasteiger partial charge >= 0.3 is 0 Å². The van der Waals surface area contributed by atoms with E-state index in [2.05, 4.69) is 0 Å². The fourth-order valence-corrected chi connectivity index (χ4v) is 1.57. The molecule has 0 N–H and O–H groups in total. The molecule has 1 saturated heterocycles. The second-order valence-electron chi connectivity index (χ2n) is 3.42. The van der Waals surface area contributed by atoms with E-state index in [-0.39, 0.29) is 5.41 Å². The second kappa shape index (κ2) is 4.06. The van der Waals surface area contributed by atoms with E-state index in [1.807, 2.05) is 6.92 Å². The molecule has 3 heteroatoms. The molecule has 0 radical (unpaired) electrons. The quantitative estimate of drug-likeness (QED) is 0.635. The van der Waals surface area contributed by atoms with Gasteiger partial charge in [-0.3, -0.25) is 0 Å². The van der Waals surface area contributed by atoms with Crippen LogP contribution >= 0.6 is 11.6 Å². The van der Waals surface area contributed by atoms with Crippen LogP contribution in [0, 0.1) is 5.41 Å². The van der Waals surface area contributed by atoms with Gasteiger partial charge in [-0.2, -0.15) is 0 Å². The minimum Gasteiger partial charge on any atom is -0.380 e. The van der Waals surface area contributed by atoms with Crippen LogP contribution < -0.4 is 0 Å². The van der Waals surface area contributed by atoms with Crippen LogP contribution in [0.3, 0.4) is 0 Å². The lowest BCUT2D eigenvalue weighted by Crippen LogP contribution is -2.22. The molecule has 68 valence electrons. The molecule has 0 amide bonds. The normalized spacial score (nSPS) is 30.7. The summed E-state index contributed by atoms with van der Waals surface area (Å²) in [4.78, 5) is 10.8. The summed E-state index contributed by atoms with van der Waals surface area (Å²) in [6, 6.07) is 0. The highest BCUT2D eigenvalue weighted by Crippen LogP contribution is 2.33. The second-order valence-corrected chi connectivity index (χ2v) is 3.63. The van der Waals surface area contributed by atoms with Gasteiger partial charge in [0.1, 0.15) is 6.29 Å². The van der Waals surface area contributed by atoms with Crippen molar-refractivity contribution < 1.29 is 9.53 Å². The van der Waals surface area contributed by atoms with Gasteiger partial charge in [0.2, 0.25) is 0 Å². The Morgan fingerprint density at radius 3 is 2.92 bits per heavy atom. The van der Waals surface area contributed by atoms with Crippen LogP contribution in [0.25, 0.3) is 0 Å². The zero-order chi connectivity index (χ0) is 9.03. The van der Waals surface area contributed by atoms with Gasteiger partial charge in [-0.25, -0.2) is 0 Å². The minimum atomic E-state index is -0.296. The van der Waals surface area contributed by atoms with E-state index in [9.17, 15) is 4.79 Å². The Kier molecular flexibility index (Phi) is 3.29. The molecule has 1 unspecified atom stereocenters. The summed E-state index contributed by atoms with van der Waals surface area (Å²) in [6.45, 7) is 3.16. The third-order valence-corrected chi connectivity index (χ3v) is 2.57. The van der Waals surface area contributed by atoms with Crippen molar-refractivity contribution in [1.29, 1.82) is 0 Å². The molecule has 0 aromatic heterocycles. The molecule has 0 saturated carbocycles. The Bertz CT molecular complexity index is 193. The largest absolute Gasteiger partial charge is 0.380 e. The van der Waals surface area contributed by atoms with Crippen LogP contribution in [-0.2, 0) is 9.53 Å². The molecule has 1 aliphatic heterocycles. The van der Waals surface area contributed by atoms with Crippen LogP contribution in [0.2, 0.25) is 0 Å². The maximum absolute atomic E-state index is 10.8. The molecule has 0 spiro atoms. The predicted molar refractivity (Wildman–Crippen MR) is 48.2 cm³/mol. The number of aldehydes is 1. The Morgan fingerprint density at radius 1 is 1.75 bits per heavy atom. The van der Waals surface area contributed by atoms with Gasteiger partial charge in [0.05, 0.1) is 12.0 Å². The van der Waals surface area contributed by atoms with Crippen molar-refractivity contribution in [2.24, 2.45) is 5.41 Å². The number of rotatable bonds is 3. The highest BCUT2D eigenvalue weighted by Gasteiger charge is 2.34. The molecule has 0 bridgehead atoms. The lowest BCUT2D eigenvalue weighted by Gasteiger charge is -2.19. The van der Waals surface area contributed by atoms with E-state index in [1.54, 1.807) is 0 Å². The van der Waals surface area contributed by atoms with E-state index in [1.165, 1.54) is 5.54 Å². The van der Waals surface area contributed by atoms with Crippen molar-refractivity contribution in [3.63, 3.8) is 0 Å². The van der Waals surface area contributed by atoms with E-state index in [4.69, 9.17) is 16.3 Å². The smallest absolute Gasteiger partial charge is 0.128 e. The average Bonchev–Trinajstić information content (AvgIpc) is 2.54. The van der Waals surface area contributed by atoms with Crippen molar-refractivity contribution in [3.05, 3.63) is 11.1 Å². The summed E-state index contributed by atoms with van der Waals surface area (Å²) in [7, 11) is 0. The van der Waals surface area contributed by atoms with Crippen LogP contribution in [0.15, 0.2) is 11.1 Å². The molecule has 0 aromatic rings. The number of ether oxygens (including phenoxy) is 1. The van der Waals surface area contributed by atoms with Crippen LogP contribution in [0.4, 0.5) is 0 Å². The molecule has 2 nitrogen and oxygen atoms in total. The molecule has 1 heterocycles. The van der Waals surface area contributed by atoms with Gasteiger partial charge < -0.3 is 9.53 Å². The number of allylic oxidation sites excluding steroid dienone is 1. The van der Waals surface area contributed by atoms with E-state index in [0.717, 1.165) is 24.7 Å². The molecule has 1 aliphatic rings. The Hall–Kier alpha value is -0.340. The minimum absolute atomic E-state index is 0.296. The number of carbonyl (C=O) groups excluding carboxylic acids is 1. The fourth-order valence-electron chi connectivity index (χ4n) is 1.49. The molecular weight excluding hydrogens is 176 g/mol. The van der Waals surface area contributed by atoms with Crippen molar-refractivity contribution in [3.8, 4) is 0 Å². The van der Waals surface area contributed by atoms with Crippen LogP contribution in [0.5, 0.6) is 0 Å². The Morgan fingerprint density at radius 2 is 2.50 bits per heavy atom. The summed E-state index contributed by atoms with van der Waals surface area (Å²) in [5.41, 5.74) is 2.27. The number of hydrogen-bond acceptors (Lipinski definition) is 2. The Balaban J connectivity index is 2.61. The first kappa shape index (κ1) is 9.75. The predicted octanol–water partition coefficient (Wildman–Crippen LogP) is 2.12. The zero-order valence-electron chi connectivity index (χ0n) is 7.18. The summed E-state index contributed by atoms with van der Waals surface area (Å²) in [6.07, 6.45) is 2.54. The highest BCUT2D eigenvalue weighted by atomic mass is 35.5. The lowest BCUT2D eigenvalue weighted by atomic mass is 9.83. The molecule has 0 aromatic carbocycles. The molecular formula is C9H13ClO2. The number of halogens is 1. The van der Waals surface area contributed by atoms with Crippen molar-refractivity contribution in [2.45, 2.75) is 19.8 Å². The van der Waals surface area contributed by atoms with Crippen molar-refractivity contribution >= 4 is 17.9 Å². The number of hydrogen-bond donors (Lipinski definition) is 0. The SMILES string of the molecule is C/C(=C\Cl)CC1(C=O)CCOC1. The van der Waals surface area contributed by atoms with Gasteiger partial charge in [-0.05, 0) is 19.8 Å². The topological polar surface area (TPSA) is 26.3 Å². The van der Waals surface area contributed by atoms with Crippen molar-refractivity contribution in [1.82, 2.24) is 0 Å².